The van der Waals surface area contributed by atoms with E-state index in [2.05, 4.69) is 10.0 Å². The zero-order valence-corrected chi connectivity index (χ0v) is 16.9. The van der Waals surface area contributed by atoms with Gasteiger partial charge in [-0.2, -0.15) is 0 Å². The van der Waals surface area contributed by atoms with E-state index in [1.165, 1.54) is 30.3 Å². The first-order chi connectivity index (χ1) is 14.3. The van der Waals surface area contributed by atoms with Gasteiger partial charge in [-0.3, -0.25) is 9.52 Å². The second kappa shape index (κ2) is 8.79. The minimum Gasteiger partial charge on any atom is -0.478 e. The van der Waals surface area contributed by atoms with Crippen molar-refractivity contribution in [2.24, 2.45) is 0 Å². The van der Waals surface area contributed by atoms with Crippen LogP contribution in [0.15, 0.2) is 83.8 Å². The van der Waals surface area contributed by atoms with Crippen LogP contribution < -0.4 is 10.0 Å². The van der Waals surface area contributed by atoms with E-state index in [1.807, 2.05) is 37.3 Å². The number of carboxylic acids is 1. The van der Waals surface area contributed by atoms with E-state index < -0.39 is 21.9 Å². The van der Waals surface area contributed by atoms with Crippen LogP contribution in [0.25, 0.3) is 0 Å². The molecule has 0 radical (unpaired) electrons. The summed E-state index contributed by atoms with van der Waals surface area (Å²) in [6.45, 7) is 1.83. The van der Waals surface area contributed by atoms with Crippen molar-refractivity contribution in [3.63, 3.8) is 0 Å². The standard InChI is InChI=1S/C22H20N2O5S/c1-15(16-8-3-2-4-9-16)23-21(25)19-12-5-6-13-20(19)24-30(28,29)18-11-7-10-17(14-18)22(26)27/h2-15,24H,1H3,(H,23,25)(H,26,27). The molecular weight excluding hydrogens is 404 g/mol. The van der Waals surface area contributed by atoms with Crippen molar-refractivity contribution < 1.29 is 23.1 Å². The molecule has 0 saturated heterocycles. The van der Waals surface area contributed by atoms with Crippen LogP contribution in [0.5, 0.6) is 0 Å². The number of sulfonamides is 1. The Kier molecular flexibility index (Phi) is 6.17. The zero-order chi connectivity index (χ0) is 21.7. The van der Waals surface area contributed by atoms with Gasteiger partial charge >= 0.3 is 5.97 Å². The molecule has 3 rings (SSSR count). The number of benzene rings is 3. The van der Waals surface area contributed by atoms with Crippen LogP contribution in [-0.2, 0) is 10.0 Å². The molecular formula is C22H20N2O5S. The predicted molar refractivity (Wildman–Crippen MR) is 113 cm³/mol. The average Bonchev–Trinajstić information content (AvgIpc) is 2.74. The lowest BCUT2D eigenvalue weighted by Crippen LogP contribution is -2.28. The third-order valence-corrected chi connectivity index (χ3v) is 5.82. The van der Waals surface area contributed by atoms with Gasteiger partial charge in [-0.1, -0.05) is 48.5 Å². The van der Waals surface area contributed by atoms with Crippen LogP contribution in [0.4, 0.5) is 5.69 Å². The van der Waals surface area contributed by atoms with Crippen molar-refractivity contribution in [3.8, 4) is 0 Å². The van der Waals surface area contributed by atoms with E-state index in [0.29, 0.717) is 0 Å². The van der Waals surface area contributed by atoms with E-state index in [9.17, 15) is 18.0 Å². The van der Waals surface area contributed by atoms with Crippen LogP contribution in [0, 0.1) is 0 Å². The van der Waals surface area contributed by atoms with Gasteiger partial charge in [-0.25, -0.2) is 13.2 Å². The number of nitrogens with one attached hydrogen (secondary N) is 2. The fraction of sp³-hybridized carbons (Fsp3) is 0.0909. The fourth-order valence-corrected chi connectivity index (χ4v) is 3.99. The lowest BCUT2D eigenvalue weighted by Gasteiger charge is -2.17. The molecule has 3 aromatic rings. The Bertz CT molecular complexity index is 1180. The second-order valence-corrected chi connectivity index (χ2v) is 8.27. The Balaban J connectivity index is 1.85. The van der Waals surface area contributed by atoms with Crippen molar-refractivity contribution in [3.05, 3.63) is 95.6 Å². The van der Waals surface area contributed by atoms with Crippen LogP contribution in [-0.4, -0.2) is 25.4 Å². The maximum absolute atomic E-state index is 12.8. The van der Waals surface area contributed by atoms with Gasteiger partial charge in [0.05, 0.1) is 27.8 Å². The summed E-state index contributed by atoms with van der Waals surface area (Å²) in [5.41, 5.74) is 1.00. The average molecular weight is 424 g/mol. The Labute approximate surface area is 174 Å². The van der Waals surface area contributed by atoms with Crippen molar-refractivity contribution in [2.75, 3.05) is 4.72 Å². The van der Waals surface area contributed by atoms with Crippen LogP contribution in [0.3, 0.4) is 0 Å². The third-order valence-electron chi connectivity index (χ3n) is 4.45. The molecule has 0 saturated carbocycles. The molecule has 0 fully saturated rings. The van der Waals surface area contributed by atoms with Gasteiger partial charge in [-0.15, -0.1) is 0 Å². The summed E-state index contributed by atoms with van der Waals surface area (Å²) in [4.78, 5) is 23.7. The van der Waals surface area contributed by atoms with Crippen molar-refractivity contribution >= 4 is 27.6 Å². The number of carbonyl (C=O) groups is 2. The fourth-order valence-electron chi connectivity index (χ4n) is 2.87. The molecule has 1 amide bonds. The van der Waals surface area contributed by atoms with Gasteiger partial charge in [0, 0.05) is 0 Å². The SMILES string of the molecule is CC(NC(=O)c1ccccc1NS(=O)(=O)c1cccc(C(=O)O)c1)c1ccccc1. The van der Waals surface area contributed by atoms with Gasteiger partial charge in [0.15, 0.2) is 0 Å². The molecule has 3 N–H and O–H groups in total. The van der Waals surface area contributed by atoms with E-state index in [4.69, 9.17) is 5.11 Å². The molecule has 7 nitrogen and oxygen atoms in total. The highest BCUT2D eigenvalue weighted by Crippen LogP contribution is 2.22. The molecule has 1 atom stereocenters. The molecule has 30 heavy (non-hydrogen) atoms. The molecule has 0 aliphatic carbocycles. The smallest absolute Gasteiger partial charge is 0.335 e. The van der Waals surface area contributed by atoms with E-state index >= 15 is 0 Å². The summed E-state index contributed by atoms with van der Waals surface area (Å²) in [5.74, 6) is -1.68. The van der Waals surface area contributed by atoms with Gasteiger partial charge < -0.3 is 10.4 Å². The van der Waals surface area contributed by atoms with Crippen LogP contribution >= 0.6 is 0 Å². The number of aromatic carboxylic acids is 1. The van der Waals surface area contributed by atoms with Gasteiger partial charge in [0.25, 0.3) is 15.9 Å². The number of rotatable bonds is 7. The maximum Gasteiger partial charge on any atom is 0.335 e. The largest absolute Gasteiger partial charge is 0.478 e. The minimum atomic E-state index is -4.10. The topological polar surface area (TPSA) is 113 Å². The molecule has 0 heterocycles. The van der Waals surface area contributed by atoms with Gasteiger partial charge in [0.1, 0.15) is 0 Å². The first kappa shape index (κ1) is 21.1. The molecule has 0 spiro atoms. The first-order valence-corrected chi connectivity index (χ1v) is 10.6. The number of carboxylic acid groups (broad SMARTS) is 1. The van der Waals surface area contributed by atoms with Crippen LogP contribution in [0.1, 0.15) is 39.2 Å². The lowest BCUT2D eigenvalue weighted by atomic mass is 10.1. The predicted octanol–water partition coefficient (Wildman–Crippen LogP) is 3.68. The highest BCUT2D eigenvalue weighted by molar-refractivity contribution is 7.92. The summed E-state index contributed by atoms with van der Waals surface area (Å²) in [7, 11) is -4.10. The molecule has 3 aromatic carbocycles. The summed E-state index contributed by atoms with van der Waals surface area (Å²) in [6, 6.07) is 20.3. The maximum atomic E-state index is 12.8. The first-order valence-electron chi connectivity index (χ1n) is 9.09. The van der Waals surface area contributed by atoms with Gasteiger partial charge in [-0.05, 0) is 42.8 Å². The normalized spacial score (nSPS) is 12.0. The molecule has 0 aliphatic heterocycles. The number of amides is 1. The molecule has 8 heteroatoms. The van der Waals surface area contributed by atoms with Crippen molar-refractivity contribution in [1.82, 2.24) is 5.32 Å². The highest BCUT2D eigenvalue weighted by atomic mass is 32.2. The second-order valence-electron chi connectivity index (χ2n) is 6.59. The molecule has 154 valence electrons. The molecule has 1 unspecified atom stereocenters. The Morgan fingerprint density at radius 3 is 2.27 bits per heavy atom. The number of hydrogen-bond acceptors (Lipinski definition) is 4. The number of para-hydroxylation sites is 1. The van der Waals surface area contributed by atoms with Crippen molar-refractivity contribution in [1.29, 1.82) is 0 Å². The molecule has 0 aromatic heterocycles. The third kappa shape index (κ3) is 4.84. The highest BCUT2D eigenvalue weighted by Gasteiger charge is 2.20. The van der Waals surface area contributed by atoms with E-state index in [-0.39, 0.29) is 27.8 Å². The number of carbonyl (C=O) groups excluding carboxylic acids is 1. The van der Waals surface area contributed by atoms with E-state index in [1.54, 1.807) is 12.1 Å². The monoisotopic (exact) mass is 424 g/mol. The molecule has 0 aliphatic rings. The Morgan fingerprint density at radius 2 is 1.57 bits per heavy atom. The minimum absolute atomic E-state index is 0.0935. The number of anilines is 1. The summed E-state index contributed by atoms with van der Waals surface area (Å²) in [6.07, 6.45) is 0. The molecule has 0 bridgehead atoms. The quantitative estimate of drug-likeness (QED) is 0.536. The van der Waals surface area contributed by atoms with Crippen LogP contribution in [0.2, 0.25) is 0 Å². The lowest BCUT2D eigenvalue weighted by molar-refractivity contribution is 0.0696. The summed E-state index contributed by atoms with van der Waals surface area (Å²) >= 11 is 0. The Morgan fingerprint density at radius 1 is 0.900 bits per heavy atom. The van der Waals surface area contributed by atoms with E-state index in [0.717, 1.165) is 11.6 Å². The number of hydrogen-bond donors (Lipinski definition) is 3. The van der Waals surface area contributed by atoms with Crippen molar-refractivity contribution in [2.45, 2.75) is 17.9 Å². The summed E-state index contributed by atoms with van der Waals surface area (Å²) in [5, 5.41) is 11.9. The zero-order valence-electron chi connectivity index (χ0n) is 16.1. The Hall–Kier alpha value is -3.65. The van der Waals surface area contributed by atoms with Gasteiger partial charge in [0.2, 0.25) is 0 Å². The summed E-state index contributed by atoms with van der Waals surface area (Å²) < 4.78 is 27.9.